The molecule has 16 heavy (non-hydrogen) atoms. The molecule has 0 aliphatic heterocycles. The molecule has 0 radical (unpaired) electrons. The number of rotatable bonds is 2. The Morgan fingerprint density at radius 3 is 2.88 bits per heavy atom. The summed E-state index contributed by atoms with van der Waals surface area (Å²) < 4.78 is 0. The van der Waals surface area contributed by atoms with Crippen LogP contribution in [0.25, 0.3) is 11.3 Å². The number of aromatic nitrogens is 2. The summed E-state index contributed by atoms with van der Waals surface area (Å²) in [6, 6.07) is 5.81. The lowest BCUT2D eigenvalue weighted by molar-refractivity contribution is 1.10. The number of H-pyrrole nitrogens is 1. The zero-order valence-corrected chi connectivity index (χ0v) is 10.1. The molecule has 0 fully saturated rings. The minimum Gasteiger partial charge on any atom is -0.382 e. The maximum atomic E-state index is 6.00. The van der Waals surface area contributed by atoms with E-state index >= 15 is 0 Å². The number of aromatic amines is 1. The lowest BCUT2D eigenvalue weighted by Crippen LogP contribution is -1.92. The third-order valence-electron chi connectivity index (χ3n) is 2.72. The Bertz CT molecular complexity index is 517. The summed E-state index contributed by atoms with van der Waals surface area (Å²) in [5.74, 6) is 0.567. The van der Waals surface area contributed by atoms with E-state index in [4.69, 9.17) is 17.3 Å². The van der Waals surface area contributed by atoms with Crippen molar-refractivity contribution in [3.8, 4) is 11.3 Å². The first-order chi connectivity index (χ1) is 7.63. The number of aryl methyl sites for hydroxylation is 1. The van der Waals surface area contributed by atoms with Gasteiger partial charge in [0, 0.05) is 16.1 Å². The largest absolute Gasteiger partial charge is 0.382 e. The van der Waals surface area contributed by atoms with Gasteiger partial charge in [-0.1, -0.05) is 24.6 Å². The minimum absolute atomic E-state index is 0.567. The van der Waals surface area contributed by atoms with Crippen LogP contribution < -0.4 is 5.73 Å². The predicted octanol–water partition coefficient (Wildman–Crippen LogP) is 3.18. The molecule has 1 aromatic carbocycles. The first-order valence-corrected chi connectivity index (χ1v) is 5.60. The topological polar surface area (TPSA) is 54.7 Å². The first kappa shape index (κ1) is 11.0. The standard InChI is InChI=1S/C12H14ClN3/c1-3-9-11(15-16-12(9)14)10-6-8(13)5-4-7(10)2/h4-6H,3H2,1-2H3,(H3,14,15,16). The Kier molecular flexibility index (Phi) is 2.88. The van der Waals surface area contributed by atoms with Crippen LogP contribution in [0.1, 0.15) is 18.1 Å². The van der Waals surface area contributed by atoms with Crippen LogP contribution in [-0.2, 0) is 6.42 Å². The summed E-state index contributed by atoms with van der Waals surface area (Å²) in [5, 5.41) is 7.74. The van der Waals surface area contributed by atoms with Gasteiger partial charge < -0.3 is 5.73 Å². The van der Waals surface area contributed by atoms with Crippen molar-refractivity contribution in [2.75, 3.05) is 5.73 Å². The fourth-order valence-electron chi connectivity index (χ4n) is 1.82. The van der Waals surface area contributed by atoms with E-state index in [-0.39, 0.29) is 0 Å². The highest BCUT2D eigenvalue weighted by Crippen LogP contribution is 2.30. The number of anilines is 1. The monoisotopic (exact) mass is 235 g/mol. The minimum atomic E-state index is 0.567. The smallest absolute Gasteiger partial charge is 0.149 e. The average Bonchev–Trinajstić information content (AvgIpc) is 2.63. The second-order valence-corrected chi connectivity index (χ2v) is 4.21. The van der Waals surface area contributed by atoms with Gasteiger partial charge in [0.2, 0.25) is 0 Å². The summed E-state index contributed by atoms with van der Waals surface area (Å²) >= 11 is 6.00. The first-order valence-electron chi connectivity index (χ1n) is 5.22. The molecule has 2 rings (SSSR count). The maximum Gasteiger partial charge on any atom is 0.149 e. The third-order valence-corrected chi connectivity index (χ3v) is 2.96. The van der Waals surface area contributed by atoms with Crippen molar-refractivity contribution in [3.05, 3.63) is 34.3 Å². The van der Waals surface area contributed by atoms with Crippen LogP contribution in [0.5, 0.6) is 0 Å². The Balaban J connectivity index is 2.62. The van der Waals surface area contributed by atoms with Crippen LogP contribution in [0.4, 0.5) is 5.82 Å². The summed E-state index contributed by atoms with van der Waals surface area (Å²) in [4.78, 5) is 0. The van der Waals surface area contributed by atoms with E-state index in [1.165, 1.54) is 0 Å². The zero-order chi connectivity index (χ0) is 11.7. The molecule has 0 spiro atoms. The number of hydrogen-bond acceptors (Lipinski definition) is 2. The van der Waals surface area contributed by atoms with Crippen molar-refractivity contribution in [2.45, 2.75) is 20.3 Å². The van der Waals surface area contributed by atoms with Crippen LogP contribution >= 0.6 is 11.6 Å². The molecule has 1 aromatic heterocycles. The molecule has 0 amide bonds. The molecule has 0 unspecified atom stereocenters. The Hall–Kier alpha value is -1.48. The van der Waals surface area contributed by atoms with Gasteiger partial charge in [0.1, 0.15) is 5.82 Å². The molecule has 4 heteroatoms. The number of hydrogen-bond donors (Lipinski definition) is 2. The van der Waals surface area contributed by atoms with E-state index in [0.717, 1.165) is 33.8 Å². The number of benzene rings is 1. The molecule has 2 aromatic rings. The average molecular weight is 236 g/mol. The highest BCUT2D eigenvalue weighted by molar-refractivity contribution is 6.30. The number of nitrogens with two attached hydrogens (primary N) is 1. The van der Waals surface area contributed by atoms with Crippen molar-refractivity contribution >= 4 is 17.4 Å². The molecular weight excluding hydrogens is 222 g/mol. The molecule has 0 saturated carbocycles. The fourth-order valence-corrected chi connectivity index (χ4v) is 2.00. The molecule has 1 heterocycles. The van der Waals surface area contributed by atoms with Crippen molar-refractivity contribution in [2.24, 2.45) is 0 Å². The Morgan fingerprint density at radius 1 is 1.44 bits per heavy atom. The van der Waals surface area contributed by atoms with Crippen LogP contribution in [-0.4, -0.2) is 10.2 Å². The molecule has 0 aliphatic rings. The van der Waals surface area contributed by atoms with Gasteiger partial charge in [0.05, 0.1) is 5.69 Å². The Morgan fingerprint density at radius 2 is 2.19 bits per heavy atom. The van der Waals surface area contributed by atoms with Crippen molar-refractivity contribution in [1.82, 2.24) is 10.2 Å². The number of halogens is 1. The highest BCUT2D eigenvalue weighted by atomic mass is 35.5. The van der Waals surface area contributed by atoms with E-state index < -0.39 is 0 Å². The lowest BCUT2D eigenvalue weighted by Gasteiger charge is -2.06. The van der Waals surface area contributed by atoms with Crippen LogP contribution in [0.3, 0.4) is 0 Å². The van der Waals surface area contributed by atoms with Crippen molar-refractivity contribution < 1.29 is 0 Å². The molecule has 0 saturated heterocycles. The third kappa shape index (κ3) is 1.78. The maximum absolute atomic E-state index is 6.00. The van der Waals surface area contributed by atoms with Gasteiger partial charge in [0.15, 0.2) is 0 Å². The van der Waals surface area contributed by atoms with Crippen molar-refractivity contribution in [1.29, 1.82) is 0 Å². The van der Waals surface area contributed by atoms with Gasteiger partial charge in [-0.25, -0.2) is 0 Å². The van der Waals surface area contributed by atoms with Gasteiger partial charge in [-0.3, -0.25) is 5.10 Å². The SMILES string of the molecule is CCc1c(N)n[nH]c1-c1cc(Cl)ccc1C. The summed E-state index contributed by atoms with van der Waals surface area (Å²) in [6.45, 7) is 4.10. The fraction of sp³-hybridized carbons (Fsp3) is 0.250. The zero-order valence-electron chi connectivity index (χ0n) is 9.34. The number of nitrogens with zero attached hydrogens (tertiary/aromatic N) is 1. The summed E-state index contributed by atoms with van der Waals surface area (Å²) in [7, 11) is 0. The van der Waals surface area contributed by atoms with Gasteiger partial charge in [-0.15, -0.1) is 0 Å². The van der Waals surface area contributed by atoms with Crippen LogP contribution in [0.2, 0.25) is 5.02 Å². The normalized spacial score (nSPS) is 10.7. The van der Waals surface area contributed by atoms with Gasteiger partial charge in [-0.2, -0.15) is 5.10 Å². The molecule has 0 bridgehead atoms. The number of nitrogen functional groups attached to an aromatic ring is 1. The quantitative estimate of drug-likeness (QED) is 0.840. The van der Waals surface area contributed by atoms with Gasteiger partial charge >= 0.3 is 0 Å². The molecule has 3 nitrogen and oxygen atoms in total. The summed E-state index contributed by atoms with van der Waals surface area (Å²) in [6.07, 6.45) is 0.851. The summed E-state index contributed by atoms with van der Waals surface area (Å²) in [5.41, 5.74) is 10.0. The Labute approximate surface area is 99.6 Å². The highest BCUT2D eigenvalue weighted by Gasteiger charge is 2.12. The van der Waals surface area contributed by atoms with Gasteiger partial charge in [-0.05, 0) is 31.0 Å². The van der Waals surface area contributed by atoms with Crippen LogP contribution in [0, 0.1) is 6.92 Å². The second kappa shape index (κ2) is 4.18. The van der Waals surface area contributed by atoms with E-state index in [1.807, 2.05) is 25.1 Å². The van der Waals surface area contributed by atoms with Crippen molar-refractivity contribution in [3.63, 3.8) is 0 Å². The second-order valence-electron chi connectivity index (χ2n) is 3.78. The molecule has 3 N–H and O–H groups in total. The molecule has 84 valence electrons. The molecular formula is C12H14ClN3. The molecule has 0 aliphatic carbocycles. The number of nitrogens with one attached hydrogen (secondary N) is 1. The van der Waals surface area contributed by atoms with E-state index in [9.17, 15) is 0 Å². The van der Waals surface area contributed by atoms with Crippen LogP contribution in [0.15, 0.2) is 18.2 Å². The van der Waals surface area contributed by atoms with Gasteiger partial charge in [0.25, 0.3) is 0 Å². The molecule has 0 atom stereocenters. The predicted molar refractivity (Wildman–Crippen MR) is 67.6 cm³/mol. The van der Waals surface area contributed by atoms with E-state index in [1.54, 1.807) is 0 Å². The van der Waals surface area contributed by atoms with E-state index in [2.05, 4.69) is 17.1 Å². The van der Waals surface area contributed by atoms with E-state index in [0.29, 0.717) is 5.82 Å². The lowest BCUT2D eigenvalue weighted by atomic mass is 10.0.